The van der Waals surface area contributed by atoms with E-state index in [1.165, 1.54) is 0 Å². The molecule has 1 aromatic rings. The topological polar surface area (TPSA) is 34.2 Å². The quantitative estimate of drug-likeness (QED) is 0.907. The van der Waals surface area contributed by atoms with Crippen molar-refractivity contribution < 1.29 is 4.74 Å². The highest BCUT2D eigenvalue weighted by Crippen LogP contribution is 2.25. The fraction of sp³-hybridized carbons (Fsp3) is 0.545. The van der Waals surface area contributed by atoms with Gasteiger partial charge in [0, 0.05) is 24.8 Å². The summed E-state index contributed by atoms with van der Waals surface area (Å²) >= 11 is 11.8. The molecular weight excluding hydrogens is 247 g/mol. The van der Waals surface area contributed by atoms with Crippen LogP contribution in [-0.2, 0) is 4.74 Å². The lowest BCUT2D eigenvalue weighted by Crippen LogP contribution is -2.26. The van der Waals surface area contributed by atoms with Crippen LogP contribution in [0.15, 0.2) is 12.3 Å². The first-order chi connectivity index (χ1) is 7.66. The molecule has 0 amide bonds. The van der Waals surface area contributed by atoms with Crippen LogP contribution in [0.2, 0.25) is 10.0 Å². The third-order valence-electron chi connectivity index (χ3n) is 2.84. The summed E-state index contributed by atoms with van der Waals surface area (Å²) in [5, 5.41) is 4.40. The van der Waals surface area contributed by atoms with Crippen molar-refractivity contribution in [3.05, 3.63) is 22.3 Å². The van der Waals surface area contributed by atoms with Crippen LogP contribution in [0.3, 0.4) is 0 Å². The molecule has 0 aromatic carbocycles. The molecule has 0 bridgehead atoms. The van der Waals surface area contributed by atoms with Crippen molar-refractivity contribution in [1.82, 2.24) is 4.98 Å². The number of nitrogens with one attached hydrogen (secondary N) is 1. The minimum atomic E-state index is 0.300. The largest absolute Gasteiger partial charge is 0.381 e. The molecule has 1 fully saturated rings. The average Bonchev–Trinajstić information content (AvgIpc) is 2.75. The van der Waals surface area contributed by atoms with Crippen LogP contribution in [0.5, 0.6) is 0 Å². The van der Waals surface area contributed by atoms with Crippen molar-refractivity contribution in [2.24, 2.45) is 5.92 Å². The van der Waals surface area contributed by atoms with E-state index in [-0.39, 0.29) is 0 Å². The number of halogens is 2. The lowest BCUT2D eigenvalue weighted by atomic mass is 10.0. The molecule has 2 rings (SSSR count). The van der Waals surface area contributed by atoms with E-state index < -0.39 is 0 Å². The van der Waals surface area contributed by atoms with Crippen LogP contribution in [0.1, 0.15) is 13.3 Å². The van der Waals surface area contributed by atoms with Crippen molar-refractivity contribution >= 4 is 29.0 Å². The second-order valence-corrected chi connectivity index (χ2v) is 4.88. The summed E-state index contributed by atoms with van der Waals surface area (Å²) < 4.78 is 5.35. The Morgan fingerprint density at radius 3 is 3.00 bits per heavy atom. The van der Waals surface area contributed by atoms with E-state index in [0.717, 1.165) is 19.6 Å². The Balaban J connectivity index is 2.02. The molecule has 3 nitrogen and oxygen atoms in total. The Hall–Kier alpha value is -0.510. The summed E-state index contributed by atoms with van der Waals surface area (Å²) in [7, 11) is 0. The maximum Gasteiger partial charge on any atom is 0.145 e. The zero-order valence-corrected chi connectivity index (χ0v) is 10.6. The van der Waals surface area contributed by atoms with Gasteiger partial charge in [0.1, 0.15) is 5.82 Å². The van der Waals surface area contributed by atoms with E-state index in [2.05, 4.69) is 17.2 Å². The summed E-state index contributed by atoms with van der Waals surface area (Å²) in [5.74, 6) is 1.21. The first-order valence-electron chi connectivity index (χ1n) is 5.32. The second-order valence-electron chi connectivity index (χ2n) is 4.04. The number of nitrogens with zero attached hydrogens (tertiary/aromatic N) is 1. The van der Waals surface area contributed by atoms with E-state index in [1.54, 1.807) is 12.3 Å². The molecule has 2 atom stereocenters. The third kappa shape index (κ3) is 2.78. The van der Waals surface area contributed by atoms with Crippen LogP contribution in [0.25, 0.3) is 0 Å². The summed E-state index contributed by atoms with van der Waals surface area (Å²) in [4.78, 5) is 4.17. The van der Waals surface area contributed by atoms with Crippen molar-refractivity contribution in [2.45, 2.75) is 19.4 Å². The minimum absolute atomic E-state index is 0.300. The van der Waals surface area contributed by atoms with Crippen molar-refractivity contribution in [3.63, 3.8) is 0 Å². The Morgan fingerprint density at radius 2 is 2.38 bits per heavy atom. The van der Waals surface area contributed by atoms with Gasteiger partial charge in [0.25, 0.3) is 0 Å². The number of hydrogen-bond donors (Lipinski definition) is 1. The highest BCUT2D eigenvalue weighted by Gasteiger charge is 2.22. The van der Waals surface area contributed by atoms with Crippen LogP contribution in [0.4, 0.5) is 5.82 Å². The molecule has 0 spiro atoms. The number of hydrogen-bond acceptors (Lipinski definition) is 3. The zero-order valence-electron chi connectivity index (χ0n) is 9.04. The molecule has 5 heteroatoms. The number of anilines is 1. The van der Waals surface area contributed by atoms with Gasteiger partial charge in [-0.15, -0.1) is 0 Å². The smallest absolute Gasteiger partial charge is 0.145 e. The molecule has 2 unspecified atom stereocenters. The molecule has 0 radical (unpaired) electrons. The third-order valence-corrected chi connectivity index (χ3v) is 3.34. The van der Waals surface area contributed by atoms with Gasteiger partial charge in [-0.25, -0.2) is 4.98 Å². The monoisotopic (exact) mass is 260 g/mol. The summed E-state index contributed by atoms with van der Waals surface area (Å²) in [5.41, 5.74) is 0. The first kappa shape index (κ1) is 12.0. The summed E-state index contributed by atoms with van der Waals surface area (Å²) in [6.45, 7) is 3.77. The van der Waals surface area contributed by atoms with E-state index in [0.29, 0.717) is 27.8 Å². The molecule has 1 aliphatic heterocycles. The lowest BCUT2D eigenvalue weighted by Gasteiger charge is -2.20. The molecule has 2 heterocycles. The van der Waals surface area contributed by atoms with Gasteiger partial charge in [0.15, 0.2) is 0 Å². The standard InChI is InChI=1S/C11H14Cl2N2O/c1-7(8-2-3-16-6-8)15-11-10(13)4-9(12)5-14-11/h4-5,7-8H,2-3,6H2,1H3,(H,14,15). The predicted octanol–water partition coefficient (Wildman–Crippen LogP) is 3.23. The molecule has 1 N–H and O–H groups in total. The van der Waals surface area contributed by atoms with Gasteiger partial charge < -0.3 is 10.1 Å². The molecule has 0 saturated carbocycles. The Morgan fingerprint density at radius 1 is 1.56 bits per heavy atom. The van der Waals surface area contributed by atoms with E-state index in [9.17, 15) is 0 Å². The molecule has 1 aromatic heterocycles. The van der Waals surface area contributed by atoms with Gasteiger partial charge in [-0.05, 0) is 19.4 Å². The normalized spacial score (nSPS) is 22.1. The molecule has 16 heavy (non-hydrogen) atoms. The van der Waals surface area contributed by atoms with Crippen molar-refractivity contribution in [2.75, 3.05) is 18.5 Å². The second kappa shape index (κ2) is 5.21. The fourth-order valence-corrected chi connectivity index (χ4v) is 2.24. The van der Waals surface area contributed by atoms with E-state index in [1.807, 2.05) is 0 Å². The average molecular weight is 261 g/mol. The Kier molecular flexibility index (Phi) is 3.90. The first-order valence-corrected chi connectivity index (χ1v) is 6.07. The fourth-order valence-electron chi connectivity index (χ4n) is 1.80. The summed E-state index contributed by atoms with van der Waals surface area (Å²) in [6.07, 6.45) is 2.67. The van der Waals surface area contributed by atoms with Crippen LogP contribution in [0, 0.1) is 5.92 Å². The van der Waals surface area contributed by atoms with E-state index >= 15 is 0 Å². The Labute approximate surface area is 105 Å². The number of rotatable bonds is 3. The van der Waals surface area contributed by atoms with Gasteiger partial charge in [-0.1, -0.05) is 23.2 Å². The maximum absolute atomic E-state index is 6.04. The van der Waals surface area contributed by atoms with Crippen molar-refractivity contribution in [3.8, 4) is 0 Å². The van der Waals surface area contributed by atoms with Crippen LogP contribution in [-0.4, -0.2) is 24.2 Å². The number of pyridine rings is 1. The molecular formula is C11H14Cl2N2O. The van der Waals surface area contributed by atoms with Gasteiger partial charge in [-0.3, -0.25) is 0 Å². The number of ether oxygens (including phenoxy) is 1. The lowest BCUT2D eigenvalue weighted by molar-refractivity contribution is 0.183. The highest BCUT2D eigenvalue weighted by atomic mass is 35.5. The molecule has 1 saturated heterocycles. The van der Waals surface area contributed by atoms with Crippen LogP contribution >= 0.6 is 23.2 Å². The van der Waals surface area contributed by atoms with Gasteiger partial charge in [0.2, 0.25) is 0 Å². The molecule has 88 valence electrons. The minimum Gasteiger partial charge on any atom is -0.381 e. The molecule has 0 aliphatic carbocycles. The highest BCUT2D eigenvalue weighted by molar-refractivity contribution is 6.35. The zero-order chi connectivity index (χ0) is 11.5. The van der Waals surface area contributed by atoms with Crippen molar-refractivity contribution in [1.29, 1.82) is 0 Å². The molecule has 1 aliphatic rings. The van der Waals surface area contributed by atoms with E-state index in [4.69, 9.17) is 27.9 Å². The van der Waals surface area contributed by atoms with Crippen LogP contribution < -0.4 is 5.32 Å². The predicted molar refractivity (Wildman–Crippen MR) is 66.3 cm³/mol. The summed E-state index contributed by atoms with van der Waals surface area (Å²) in [6, 6.07) is 1.99. The number of aromatic nitrogens is 1. The van der Waals surface area contributed by atoms with Gasteiger partial charge in [0.05, 0.1) is 16.7 Å². The van der Waals surface area contributed by atoms with Gasteiger partial charge >= 0.3 is 0 Å². The Bertz CT molecular complexity index is 367. The van der Waals surface area contributed by atoms with Gasteiger partial charge in [-0.2, -0.15) is 0 Å². The maximum atomic E-state index is 6.04. The SMILES string of the molecule is CC(Nc1ncc(Cl)cc1Cl)C1CCOC1.